The van der Waals surface area contributed by atoms with Crippen molar-refractivity contribution in [1.29, 1.82) is 0 Å². The smallest absolute Gasteiger partial charge is 0.307 e. The van der Waals surface area contributed by atoms with Crippen molar-refractivity contribution in [3.8, 4) is 5.75 Å². The lowest BCUT2D eigenvalue weighted by molar-refractivity contribution is -0.136. The summed E-state index contributed by atoms with van der Waals surface area (Å²) in [6.07, 6.45) is 0.00251. The molecule has 2 rings (SSSR count). The van der Waals surface area contributed by atoms with Gasteiger partial charge in [0.05, 0.1) is 17.9 Å². The molecule has 1 aliphatic heterocycles. The van der Waals surface area contributed by atoms with E-state index in [1.165, 1.54) is 0 Å². The fraction of sp³-hybridized carbons (Fsp3) is 0.500. The SMILES string of the molecule is O=C(O)Cc1ccc(OCCN2CCS(=O)(=O)CC2)cc1. The third kappa shape index (κ3) is 5.35. The van der Waals surface area contributed by atoms with Crippen LogP contribution in [0, 0.1) is 0 Å². The molecule has 0 spiro atoms. The standard InChI is InChI=1S/C14H19NO5S/c16-14(17)11-12-1-3-13(4-2-12)20-8-5-15-6-9-21(18,19)10-7-15/h1-4H,5-11H2,(H,16,17). The van der Waals surface area contributed by atoms with E-state index in [2.05, 4.69) is 4.90 Å². The van der Waals surface area contributed by atoms with Crippen LogP contribution in [0.2, 0.25) is 0 Å². The topological polar surface area (TPSA) is 83.9 Å². The first-order valence-corrected chi connectivity index (χ1v) is 8.63. The molecule has 0 unspecified atom stereocenters. The number of carboxylic acids is 1. The molecule has 0 bridgehead atoms. The maximum absolute atomic E-state index is 11.3. The van der Waals surface area contributed by atoms with Crippen LogP contribution in [-0.4, -0.2) is 62.1 Å². The maximum Gasteiger partial charge on any atom is 0.307 e. The average Bonchev–Trinajstić information content (AvgIpc) is 2.42. The molecule has 1 N–H and O–H groups in total. The number of rotatable bonds is 6. The van der Waals surface area contributed by atoms with E-state index in [-0.39, 0.29) is 17.9 Å². The van der Waals surface area contributed by atoms with Crippen LogP contribution in [0.3, 0.4) is 0 Å². The fourth-order valence-corrected chi connectivity index (χ4v) is 3.42. The van der Waals surface area contributed by atoms with Crippen molar-refractivity contribution in [2.24, 2.45) is 0 Å². The van der Waals surface area contributed by atoms with Crippen molar-refractivity contribution < 1.29 is 23.1 Å². The lowest BCUT2D eigenvalue weighted by atomic mass is 10.1. The first kappa shape index (κ1) is 15.8. The van der Waals surface area contributed by atoms with Gasteiger partial charge in [-0.05, 0) is 17.7 Å². The van der Waals surface area contributed by atoms with Crippen LogP contribution in [-0.2, 0) is 21.1 Å². The number of hydrogen-bond acceptors (Lipinski definition) is 5. The summed E-state index contributed by atoms with van der Waals surface area (Å²) < 4.78 is 28.2. The summed E-state index contributed by atoms with van der Waals surface area (Å²) in [6.45, 7) is 2.29. The van der Waals surface area contributed by atoms with Crippen molar-refractivity contribution in [3.05, 3.63) is 29.8 Å². The van der Waals surface area contributed by atoms with Crippen molar-refractivity contribution in [1.82, 2.24) is 4.90 Å². The number of hydrogen-bond donors (Lipinski definition) is 1. The minimum Gasteiger partial charge on any atom is -0.492 e. The van der Waals surface area contributed by atoms with Crippen LogP contribution in [0.1, 0.15) is 5.56 Å². The summed E-state index contributed by atoms with van der Waals surface area (Å²) >= 11 is 0. The highest BCUT2D eigenvalue weighted by atomic mass is 32.2. The Bertz CT molecular complexity index is 568. The Hall–Kier alpha value is -1.60. The molecule has 1 aliphatic rings. The lowest BCUT2D eigenvalue weighted by Crippen LogP contribution is -2.42. The molecule has 7 heteroatoms. The van der Waals surface area contributed by atoms with Crippen LogP contribution in [0.25, 0.3) is 0 Å². The minimum absolute atomic E-state index is 0.00251. The molecule has 0 radical (unpaired) electrons. The molecule has 1 fully saturated rings. The quantitative estimate of drug-likeness (QED) is 0.819. The van der Waals surface area contributed by atoms with Gasteiger partial charge in [-0.1, -0.05) is 12.1 Å². The molecular formula is C14H19NO5S. The summed E-state index contributed by atoms with van der Waals surface area (Å²) in [5.41, 5.74) is 0.732. The number of carbonyl (C=O) groups is 1. The van der Waals surface area contributed by atoms with Gasteiger partial charge in [-0.25, -0.2) is 8.42 Å². The summed E-state index contributed by atoms with van der Waals surface area (Å²) in [4.78, 5) is 12.6. The van der Waals surface area contributed by atoms with Gasteiger partial charge in [-0.3, -0.25) is 9.69 Å². The molecule has 116 valence electrons. The summed E-state index contributed by atoms with van der Waals surface area (Å²) in [5, 5.41) is 8.68. The molecule has 0 atom stereocenters. The first-order chi connectivity index (χ1) is 9.94. The van der Waals surface area contributed by atoms with Crippen molar-refractivity contribution in [3.63, 3.8) is 0 Å². The molecular weight excluding hydrogens is 294 g/mol. The molecule has 21 heavy (non-hydrogen) atoms. The molecule has 1 aromatic rings. The molecule has 1 heterocycles. The molecule has 0 aliphatic carbocycles. The minimum atomic E-state index is -2.84. The second-order valence-corrected chi connectivity index (χ2v) is 7.36. The van der Waals surface area contributed by atoms with Gasteiger partial charge in [-0.15, -0.1) is 0 Å². The Morgan fingerprint density at radius 3 is 2.38 bits per heavy atom. The summed E-state index contributed by atoms with van der Waals surface area (Å²) in [6, 6.07) is 6.96. The second-order valence-electron chi connectivity index (χ2n) is 5.06. The number of sulfone groups is 1. The lowest BCUT2D eigenvalue weighted by Gasteiger charge is -2.26. The van der Waals surface area contributed by atoms with Crippen LogP contribution in [0.4, 0.5) is 0 Å². The Kier molecular flexibility index (Phi) is 5.19. The molecule has 6 nitrogen and oxygen atoms in total. The van der Waals surface area contributed by atoms with Gasteiger partial charge in [0, 0.05) is 19.6 Å². The van der Waals surface area contributed by atoms with Gasteiger partial charge in [0.2, 0.25) is 0 Å². The molecule has 0 amide bonds. The van der Waals surface area contributed by atoms with E-state index >= 15 is 0 Å². The Labute approximate surface area is 124 Å². The highest BCUT2D eigenvalue weighted by molar-refractivity contribution is 7.91. The highest BCUT2D eigenvalue weighted by Gasteiger charge is 2.20. The van der Waals surface area contributed by atoms with Crippen molar-refractivity contribution >= 4 is 15.8 Å². The fourth-order valence-electron chi connectivity index (χ4n) is 2.14. The third-order valence-corrected chi connectivity index (χ3v) is 5.00. The van der Waals surface area contributed by atoms with Gasteiger partial charge in [-0.2, -0.15) is 0 Å². The largest absolute Gasteiger partial charge is 0.492 e. The summed E-state index contributed by atoms with van der Waals surface area (Å²) in [7, 11) is -2.84. The van der Waals surface area contributed by atoms with E-state index < -0.39 is 15.8 Å². The monoisotopic (exact) mass is 313 g/mol. The third-order valence-electron chi connectivity index (χ3n) is 3.39. The Morgan fingerprint density at radius 1 is 1.19 bits per heavy atom. The predicted octanol–water partition coefficient (Wildman–Crippen LogP) is 0.423. The number of carboxylic acid groups (broad SMARTS) is 1. The number of ether oxygens (including phenoxy) is 1. The molecule has 1 aromatic carbocycles. The van der Waals surface area contributed by atoms with E-state index in [1.807, 2.05) is 0 Å². The zero-order valence-corrected chi connectivity index (χ0v) is 12.5. The maximum atomic E-state index is 11.3. The van der Waals surface area contributed by atoms with Crippen LogP contribution in [0.5, 0.6) is 5.75 Å². The van der Waals surface area contributed by atoms with Crippen molar-refractivity contribution in [2.45, 2.75) is 6.42 Å². The number of nitrogens with zero attached hydrogens (tertiary/aromatic N) is 1. The van der Waals surface area contributed by atoms with Gasteiger partial charge < -0.3 is 9.84 Å². The van der Waals surface area contributed by atoms with Gasteiger partial charge in [0.15, 0.2) is 9.84 Å². The zero-order valence-electron chi connectivity index (χ0n) is 11.7. The van der Waals surface area contributed by atoms with Crippen LogP contribution < -0.4 is 4.74 Å². The molecule has 0 aromatic heterocycles. The number of benzene rings is 1. The zero-order chi connectivity index (χ0) is 15.3. The second kappa shape index (κ2) is 6.91. The molecule has 1 saturated heterocycles. The van der Waals surface area contributed by atoms with E-state index in [9.17, 15) is 13.2 Å². The summed E-state index contributed by atoms with van der Waals surface area (Å²) in [5.74, 6) is 0.269. The van der Waals surface area contributed by atoms with Gasteiger partial charge in [0.1, 0.15) is 12.4 Å². The van der Waals surface area contributed by atoms with Crippen LogP contribution in [0.15, 0.2) is 24.3 Å². The first-order valence-electron chi connectivity index (χ1n) is 6.81. The predicted molar refractivity (Wildman–Crippen MR) is 78.4 cm³/mol. The number of aliphatic carboxylic acids is 1. The van der Waals surface area contributed by atoms with E-state index in [0.717, 1.165) is 5.56 Å². The highest BCUT2D eigenvalue weighted by Crippen LogP contribution is 2.13. The Balaban J connectivity index is 1.72. The van der Waals surface area contributed by atoms with E-state index in [0.29, 0.717) is 32.0 Å². The van der Waals surface area contributed by atoms with Gasteiger partial charge >= 0.3 is 5.97 Å². The average molecular weight is 313 g/mol. The molecule has 0 saturated carbocycles. The van der Waals surface area contributed by atoms with Crippen molar-refractivity contribution in [2.75, 3.05) is 37.7 Å². The normalized spacial score (nSPS) is 18.3. The van der Waals surface area contributed by atoms with E-state index in [4.69, 9.17) is 9.84 Å². The van der Waals surface area contributed by atoms with Gasteiger partial charge in [0.25, 0.3) is 0 Å². The Morgan fingerprint density at radius 2 is 1.81 bits per heavy atom. The van der Waals surface area contributed by atoms with E-state index in [1.54, 1.807) is 24.3 Å². The van der Waals surface area contributed by atoms with Crippen LogP contribution >= 0.6 is 0 Å².